The fourth-order valence-electron chi connectivity index (χ4n) is 2.96. The van der Waals surface area contributed by atoms with Gasteiger partial charge in [0, 0.05) is 17.5 Å². The summed E-state index contributed by atoms with van der Waals surface area (Å²) in [6.45, 7) is 1.46. The van der Waals surface area contributed by atoms with Gasteiger partial charge in [0.05, 0.1) is 17.8 Å². The molecule has 8 nitrogen and oxygen atoms in total. The smallest absolute Gasteiger partial charge is 0.165 e. The van der Waals surface area contributed by atoms with E-state index >= 15 is 0 Å². The van der Waals surface area contributed by atoms with E-state index in [2.05, 4.69) is 25.5 Å². The Balaban J connectivity index is 1.88. The Morgan fingerprint density at radius 1 is 1.11 bits per heavy atom. The molecule has 1 aliphatic carbocycles. The van der Waals surface area contributed by atoms with Crippen LogP contribution in [0.4, 0.5) is 17.2 Å². The van der Waals surface area contributed by atoms with Crippen LogP contribution in [0.1, 0.15) is 12.2 Å². The molecule has 1 aliphatic rings. The molecule has 0 amide bonds. The van der Waals surface area contributed by atoms with Gasteiger partial charge < -0.3 is 20.6 Å². The first kappa shape index (κ1) is 19.9. The van der Waals surface area contributed by atoms with Crippen molar-refractivity contribution in [1.82, 2.24) is 9.97 Å². The molecule has 2 aromatic rings. The van der Waals surface area contributed by atoms with Crippen molar-refractivity contribution < 1.29 is 15.3 Å². The summed E-state index contributed by atoms with van der Waals surface area (Å²) >= 11 is 12.1. The van der Waals surface area contributed by atoms with E-state index in [1.54, 1.807) is 31.2 Å². The number of aromatic nitrogens is 2. The van der Waals surface area contributed by atoms with Gasteiger partial charge in [-0.3, -0.25) is 0 Å². The summed E-state index contributed by atoms with van der Waals surface area (Å²) in [5.74, 6) is 0.287. The van der Waals surface area contributed by atoms with Gasteiger partial charge in [0.2, 0.25) is 0 Å². The average molecular weight is 412 g/mol. The van der Waals surface area contributed by atoms with E-state index in [9.17, 15) is 15.3 Å². The minimum Gasteiger partial charge on any atom is -0.396 e. The molecule has 1 aromatic carbocycles. The molecule has 0 unspecified atom stereocenters. The second-order valence-corrected chi connectivity index (χ2v) is 7.14. The van der Waals surface area contributed by atoms with Crippen molar-refractivity contribution in [1.29, 1.82) is 0 Å². The van der Waals surface area contributed by atoms with Crippen molar-refractivity contribution in [3.05, 3.63) is 40.3 Å². The Morgan fingerprint density at radius 3 is 2.44 bits per heavy atom. The maximum Gasteiger partial charge on any atom is 0.165 e. The second kappa shape index (κ2) is 8.45. The first-order valence-corrected chi connectivity index (χ1v) is 9.09. The zero-order valence-corrected chi connectivity index (χ0v) is 15.9. The van der Waals surface area contributed by atoms with Crippen molar-refractivity contribution >= 4 is 40.4 Å². The molecule has 4 N–H and O–H groups in total. The van der Waals surface area contributed by atoms with Crippen molar-refractivity contribution in [3.63, 3.8) is 0 Å². The van der Waals surface area contributed by atoms with Gasteiger partial charge in [-0.05, 0) is 37.6 Å². The van der Waals surface area contributed by atoms with Crippen LogP contribution in [0.3, 0.4) is 0 Å². The lowest BCUT2D eigenvalue weighted by Crippen LogP contribution is -2.35. The van der Waals surface area contributed by atoms with Crippen LogP contribution in [-0.2, 0) is 0 Å². The van der Waals surface area contributed by atoms with E-state index in [-0.39, 0.29) is 17.4 Å². The van der Waals surface area contributed by atoms with Crippen molar-refractivity contribution in [2.45, 2.75) is 31.6 Å². The van der Waals surface area contributed by atoms with Crippen molar-refractivity contribution in [2.24, 2.45) is 16.1 Å². The normalized spacial score (nSPS) is 25.3. The molecule has 0 spiro atoms. The van der Waals surface area contributed by atoms with Gasteiger partial charge >= 0.3 is 0 Å². The Labute approximate surface area is 165 Å². The Morgan fingerprint density at radius 2 is 1.81 bits per heavy atom. The number of benzene rings is 1. The highest BCUT2D eigenvalue weighted by molar-refractivity contribution is 6.32. The third-order valence-corrected chi connectivity index (χ3v) is 4.92. The summed E-state index contributed by atoms with van der Waals surface area (Å²) in [5, 5.41) is 41.5. The lowest BCUT2D eigenvalue weighted by atomic mass is 10.1. The lowest BCUT2D eigenvalue weighted by molar-refractivity contribution is 0.00446. The van der Waals surface area contributed by atoms with Gasteiger partial charge in [0.1, 0.15) is 11.9 Å². The van der Waals surface area contributed by atoms with E-state index in [0.717, 1.165) is 0 Å². The van der Waals surface area contributed by atoms with Gasteiger partial charge in [-0.1, -0.05) is 23.2 Å². The molecule has 0 radical (unpaired) electrons. The molecule has 1 fully saturated rings. The van der Waals surface area contributed by atoms with E-state index in [4.69, 9.17) is 23.2 Å². The Bertz CT molecular complexity index is 834. The molecule has 3 rings (SSSR count). The fourth-order valence-corrected chi connectivity index (χ4v) is 3.34. The number of aryl methyl sites for hydroxylation is 1. The summed E-state index contributed by atoms with van der Waals surface area (Å²) in [5.41, 5.74) is 0.782. The van der Waals surface area contributed by atoms with Crippen molar-refractivity contribution in [3.8, 4) is 0 Å². The topological polar surface area (TPSA) is 123 Å². The third-order valence-electron chi connectivity index (χ3n) is 4.40. The van der Waals surface area contributed by atoms with Crippen LogP contribution < -0.4 is 5.32 Å². The molecule has 1 saturated carbocycles. The number of hydrogen-bond donors (Lipinski definition) is 4. The zero-order chi connectivity index (χ0) is 19.6. The number of nitrogens with one attached hydrogen (secondary N) is 1. The lowest BCUT2D eigenvalue weighted by Gasteiger charge is -2.19. The van der Waals surface area contributed by atoms with Gasteiger partial charge in [-0.15, -0.1) is 5.11 Å². The molecule has 1 aromatic heterocycles. The zero-order valence-electron chi connectivity index (χ0n) is 14.4. The van der Waals surface area contributed by atoms with Gasteiger partial charge in [0.25, 0.3) is 0 Å². The maximum absolute atomic E-state index is 10.2. The van der Waals surface area contributed by atoms with Crippen LogP contribution in [0, 0.1) is 12.8 Å². The summed E-state index contributed by atoms with van der Waals surface area (Å²) < 4.78 is 0. The second-order valence-electron chi connectivity index (χ2n) is 6.35. The number of halogens is 2. The summed E-state index contributed by atoms with van der Waals surface area (Å²) in [6, 6.07) is 6.25. The predicted octanol–water partition coefficient (Wildman–Crippen LogP) is 3.02. The van der Waals surface area contributed by atoms with E-state index in [1.165, 1.54) is 0 Å². The van der Waals surface area contributed by atoms with Crippen LogP contribution in [0.5, 0.6) is 0 Å². The Kier molecular flexibility index (Phi) is 6.23. The van der Waals surface area contributed by atoms with Gasteiger partial charge in [-0.2, -0.15) is 5.11 Å². The van der Waals surface area contributed by atoms with Crippen molar-refractivity contribution in [2.75, 3.05) is 11.9 Å². The molecule has 0 bridgehead atoms. The molecular weight excluding hydrogens is 393 g/mol. The largest absolute Gasteiger partial charge is 0.396 e. The quantitative estimate of drug-likeness (QED) is 0.442. The van der Waals surface area contributed by atoms with Crippen LogP contribution in [-0.4, -0.2) is 50.1 Å². The van der Waals surface area contributed by atoms with Crippen LogP contribution in [0.2, 0.25) is 10.2 Å². The first-order valence-electron chi connectivity index (χ1n) is 8.34. The number of aliphatic hydroxyl groups excluding tert-OH is 3. The third kappa shape index (κ3) is 4.53. The molecule has 27 heavy (non-hydrogen) atoms. The minimum atomic E-state index is -1.06. The molecule has 1 heterocycles. The Hall–Kier alpha value is -1.84. The van der Waals surface area contributed by atoms with Gasteiger partial charge in [-0.25, -0.2) is 9.97 Å². The number of anilines is 1. The predicted molar refractivity (Wildman–Crippen MR) is 102 cm³/mol. The number of nitrogens with zero attached hydrogens (tertiary/aromatic N) is 4. The number of azo groups is 1. The molecule has 10 heteroatoms. The van der Waals surface area contributed by atoms with E-state index < -0.39 is 24.2 Å². The van der Waals surface area contributed by atoms with Crippen LogP contribution in [0.15, 0.2) is 34.5 Å². The highest BCUT2D eigenvalue weighted by Crippen LogP contribution is 2.35. The summed E-state index contributed by atoms with van der Waals surface area (Å²) in [6.07, 6.45) is -1.71. The summed E-state index contributed by atoms with van der Waals surface area (Å²) in [4.78, 5) is 8.39. The molecule has 4 atom stereocenters. The molecular formula is C17H19Cl2N5O3. The standard InChI is InChI=1S/C17H19Cl2N5O3/c1-8-20-16(19)13(24-23-11-4-2-10(18)3-5-11)17(21-8)22-12-6-9(7-25)14(26)15(12)27/h2-5,9,12,14-15,25-27H,6-7H2,1H3,(H,20,21,22)/b24-23+/t9-,12-,14-,15+/m0/s1. The SMILES string of the molecule is Cc1nc(Cl)c(/N=N/c2ccc(Cl)cc2)c(N[C@H]2C[C@@H](CO)[C@H](O)[C@@H]2O)n1. The fraction of sp³-hybridized carbons (Fsp3) is 0.412. The number of hydrogen-bond acceptors (Lipinski definition) is 8. The monoisotopic (exact) mass is 411 g/mol. The first-order chi connectivity index (χ1) is 12.9. The average Bonchev–Trinajstić information content (AvgIpc) is 2.90. The van der Waals surface area contributed by atoms with Crippen LogP contribution in [0.25, 0.3) is 0 Å². The molecule has 0 aliphatic heterocycles. The highest BCUT2D eigenvalue weighted by Gasteiger charge is 2.41. The number of aliphatic hydroxyl groups is 3. The minimum absolute atomic E-state index is 0.106. The van der Waals surface area contributed by atoms with Gasteiger partial charge in [0.15, 0.2) is 16.7 Å². The van der Waals surface area contributed by atoms with Crippen LogP contribution >= 0.6 is 23.2 Å². The highest BCUT2D eigenvalue weighted by atomic mass is 35.5. The van der Waals surface area contributed by atoms with E-state index in [0.29, 0.717) is 28.8 Å². The molecule has 0 saturated heterocycles. The maximum atomic E-state index is 10.2. The summed E-state index contributed by atoms with van der Waals surface area (Å²) in [7, 11) is 0. The number of rotatable bonds is 5. The van der Waals surface area contributed by atoms with E-state index in [1.807, 2.05) is 0 Å². The molecule has 144 valence electrons.